The number of nitrogens with zero attached hydrogens (tertiary/aromatic N) is 3. The number of hydrogen-bond donors (Lipinski definition) is 3. The number of thioether (sulfide) groups is 1. The van der Waals surface area contributed by atoms with Crippen molar-refractivity contribution in [3.63, 3.8) is 0 Å². The molecule has 1 aromatic heterocycles. The van der Waals surface area contributed by atoms with Crippen LogP contribution in [0.15, 0.2) is 4.99 Å². The Balaban J connectivity index is 0.00000364. The van der Waals surface area contributed by atoms with Crippen LogP contribution < -0.4 is 10.6 Å². The molecule has 1 fully saturated rings. The molecule has 1 saturated carbocycles. The minimum atomic E-state index is -0.650. The largest absolute Gasteiger partial charge is 0.387 e. The fraction of sp³-hybridized carbons (Fsp3) is 0.789. The molecule has 3 unspecified atom stereocenters. The molecule has 6 nitrogen and oxygen atoms in total. The highest BCUT2D eigenvalue weighted by atomic mass is 127. The van der Waals surface area contributed by atoms with Crippen molar-refractivity contribution in [3.8, 4) is 0 Å². The molecule has 3 N–H and O–H groups in total. The van der Waals surface area contributed by atoms with Crippen molar-refractivity contribution in [2.75, 3.05) is 18.8 Å². The van der Waals surface area contributed by atoms with E-state index in [-0.39, 0.29) is 30.0 Å². The molecule has 0 aliphatic heterocycles. The average Bonchev–Trinajstić information content (AvgIpc) is 2.82. The van der Waals surface area contributed by atoms with Crippen molar-refractivity contribution in [2.45, 2.75) is 70.8 Å². The zero-order valence-electron chi connectivity index (χ0n) is 17.5. The van der Waals surface area contributed by atoms with Crippen molar-refractivity contribution >= 4 is 41.7 Å². The highest BCUT2D eigenvalue weighted by Crippen LogP contribution is 2.41. The van der Waals surface area contributed by atoms with Crippen LogP contribution in [0, 0.1) is 13.8 Å². The third kappa shape index (κ3) is 6.25. The summed E-state index contributed by atoms with van der Waals surface area (Å²) in [4.78, 5) is 4.68. The van der Waals surface area contributed by atoms with Gasteiger partial charge in [-0.05, 0) is 58.3 Å². The lowest BCUT2D eigenvalue weighted by molar-refractivity contribution is -0.0154. The number of aliphatic hydroxyl groups is 1. The Morgan fingerprint density at radius 3 is 2.63 bits per heavy atom. The van der Waals surface area contributed by atoms with Crippen LogP contribution in [0.1, 0.15) is 50.6 Å². The van der Waals surface area contributed by atoms with Crippen LogP contribution in [0.4, 0.5) is 0 Å². The highest BCUT2D eigenvalue weighted by molar-refractivity contribution is 14.0. The van der Waals surface area contributed by atoms with E-state index in [0.29, 0.717) is 11.8 Å². The summed E-state index contributed by atoms with van der Waals surface area (Å²) in [7, 11) is 1.99. The molecule has 1 aromatic rings. The molecule has 0 aromatic carbocycles. The monoisotopic (exact) mass is 509 g/mol. The minimum Gasteiger partial charge on any atom is -0.387 e. The van der Waals surface area contributed by atoms with Crippen LogP contribution >= 0.6 is 35.7 Å². The van der Waals surface area contributed by atoms with E-state index in [1.807, 2.05) is 23.5 Å². The Kier molecular flexibility index (Phi) is 9.91. The van der Waals surface area contributed by atoms with Crippen molar-refractivity contribution in [1.82, 2.24) is 20.4 Å². The maximum Gasteiger partial charge on any atom is 0.191 e. The van der Waals surface area contributed by atoms with Crippen molar-refractivity contribution in [3.05, 3.63) is 17.0 Å². The van der Waals surface area contributed by atoms with Gasteiger partial charge < -0.3 is 15.7 Å². The Morgan fingerprint density at radius 2 is 2.15 bits per heavy atom. The molecule has 1 aliphatic carbocycles. The lowest BCUT2D eigenvalue weighted by Gasteiger charge is -2.44. The maximum absolute atomic E-state index is 10.8. The number of aryl methyl sites for hydroxylation is 2. The van der Waals surface area contributed by atoms with Crippen LogP contribution in [0.3, 0.4) is 0 Å². The number of aromatic nitrogens is 2. The first-order valence-corrected chi connectivity index (χ1v) is 10.7. The van der Waals surface area contributed by atoms with Gasteiger partial charge in [-0.3, -0.25) is 9.67 Å². The summed E-state index contributed by atoms with van der Waals surface area (Å²) in [6.07, 6.45) is 2.83. The zero-order valence-corrected chi connectivity index (χ0v) is 20.6. The lowest BCUT2D eigenvalue weighted by atomic mass is 9.79. The van der Waals surface area contributed by atoms with Crippen LogP contribution in [-0.4, -0.2) is 56.6 Å². The highest BCUT2D eigenvalue weighted by Gasteiger charge is 2.45. The van der Waals surface area contributed by atoms with Crippen molar-refractivity contribution in [2.24, 2.45) is 12.0 Å². The second-order valence-corrected chi connectivity index (χ2v) is 8.78. The van der Waals surface area contributed by atoms with E-state index in [4.69, 9.17) is 0 Å². The van der Waals surface area contributed by atoms with Gasteiger partial charge >= 0.3 is 0 Å². The molecule has 2 rings (SSSR count). The quantitative estimate of drug-likeness (QED) is 0.286. The summed E-state index contributed by atoms with van der Waals surface area (Å²) in [5.41, 5.74) is 2.94. The first-order chi connectivity index (χ1) is 12.3. The summed E-state index contributed by atoms with van der Waals surface area (Å²) in [6.45, 7) is 11.8. The lowest BCUT2D eigenvalue weighted by Crippen LogP contribution is -2.53. The number of hydrogen-bond acceptors (Lipinski definition) is 4. The van der Waals surface area contributed by atoms with E-state index >= 15 is 0 Å². The molecule has 0 radical (unpaired) electrons. The van der Waals surface area contributed by atoms with E-state index < -0.39 is 5.60 Å². The van der Waals surface area contributed by atoms with Gasteiger partial charge in [0.25, 0.3) is 0 Å². The molecule has 0 amide bonds. The topological polar surface area (TPSA) is 74.5 Å². The normalized spacial score (nSPS) is 23.4. The molecule has 1 aliphatic rings. The smallest absolute Gasteiger partial charge is 0.191 e. The third-order valence-electron chi connectivity index (χ3n) is 5.21. The predicted molar refractivity (Wildman–Crippen MR) is 126 cm³/mol. The van der Waals surface area contributed by atoms with E-state index in [1.54, 1.807) is 0 Å². The fourth-order valence-electron chi connectivity index (χ4n) is 3.46. The maximum atomic E-state index is 10.8. The Labute approximate surface area is 185 Å². The molecular formula is C19H36IN5OS. The molecule has 8 heteroatoms. The van der Waals surface area contributed by atoms with Gasteiger partial charge in [-0.2, -0.15) is 16.9 Å². The first kappa shape index (κ1) is 24.6. The average molecular weight is 510 g/mol. The molecule has 0 saturated heterocycles. The summed E-state index contributed by atoms with van der Waals surface area (Å²) < 4.78 is 1.94. The second-order valence-electron chi connectivity index (χ2n) is 7.30. The summed E-state index contributed by atoms with van der Waals surface area (Å²) >= 11 is 1.84. The Bertz CT molecular complexity index is 636. The van der Waals surface area contributed by atoms with Crippen molar-refractivity contribution < 1.29 is 5.11 Å². The third-order valence-corrected chi connectivity index (χ3v) is 6.62. The molecule has 156 valence electrons. The molecule has 3 atom stereocenters. The molecule has 0 bridgehead atoms. The summed E-state index contributed by atoms with van der Waals surface area (Å²) in [5.74, 6) is 1.82. The van der Waals surface area contributed by atoms with E-state index in [1.165, 1.54) is 11.3 Å². The zero-order chi connectivity index (χ0) is 19.3. The van der Waals surface area contributed by atoms with Crippen LogP contribution in [0.2, 0.25) is 0 Å². The van der Waals surface area contributed by atoms with Crippen LogP contribution in [-0.2, 0) is 13.5 Å². The Hall–Kier alpha value is -0.480. The van der Waals surface area contributed by atoms with E-state index in [9.17, 15) is 5.11 Å². The van der Waals surface area contributed by atoms with E-state index in [2.05, 4.69) is 55.3 Å². The van der Waals surface area contributed by atoms with Gasteiger partial charge in [-0.1, -0.05) is 6.92 Å². The van der Waals surface area contributed by atoms with Gasteiger partial charge in [0.2, 0.25) is 0 Å². The number of aliphatic imine (C=N–C) groups is 1. The van der Waals surface area contributed by atoms with Crippen LogP contribution in [0.25, 0.3) is 0 Å². The van der Waals surface area contributed by atoms with Gasteiger partial charge in [-0.15, -0.1) is 24.0 Å². The van der Waals surface area contributed by atoms with Gasteiger partial charge in [0.1, 0.15) is 0 Å². The molecule has 1 heterocycles. The minimum absolute atomic E-state index is 0. The predicted octanol–water partition coefficient (Wildman–Crippen LogP) is 2.79. The molecule has 0 spiro atoms. The SMILES string of the molecule is CCNC(=NCC1(O)CCC1SCC)NC(C)Cc1c(C)nn(C)c1C.I. The van der Waals surface area contributed by atoms with Crippen LogP contribution in [0.5, 0.6) is 0 Å². The molecular weight excluding hydrogens is 473 g/mol. The van der Waals surface area contributed by atoms with Gasteiger partial charge in [0.05, 0.1) is 17.8 Å². The standard InChI is InChI=1S/C19H35N5OS.HI/c1-7-20-18(21-12-19(25)10-9-17(19)26-8-2)22-13(3)11-16-14(4)23-24(6)15(16)5;/h13,17,25H,7-12H2,1-6H3,(H2,20,21,22);1H. The fourth-order valence-corrected chi connectivity index (χ4v) is 4.64. The van der Waals surface area contributed by atoms with Gasteiger partial charge in [0.15, 0.2) is 5.96 Å². The van der Waals surface area contributed by atoms with E-state index in [0.717, 1.165) is 43.2 Å². The second kappa shape index (κ2) is 10.9. The molecule has 27 heavy (non-hydrogen) atoms. The van der Waals surface area contributed by atoms with Crippen molar-refractivity contribution in [1.29, 1.82) is 0 Å². The number of rotatable bonds is 8. The Morgan fingerprint density at radius 1 is 1.44 bits per heavy atom. The van der Waals surface area contributed by atoms with Gasteiger partial charge in [0, 0.05) is 30.6 Å². The number of nitrogens with one attached hydrogen (secondary N) is 2. The summed E-state index contributed by atoms with van der Waals surface area (Å²) in [5, 5.41) is 22.4. The first-order valence-electron chi connectivity index (χ1n) is 9.68. The summed E-state index contributed by atoms with van der Waals surface area (Å²) in [6, 6.07) is 0.228. The number of guanidine groups is 1. The van der Waals surface area contributed by atoms with Gasteiger partial charge in [-0.25, -0.2) is 0 Å². The number of halogens is 1.